The first-order valence-electron chi connectivity index (χ1n) is 9.21. The Kier molecular flexibility index (Phi) is 4.46. The van der Waals surface area contributed by atoms with Crippen LogP contribution in [0.1, 0.15) is 44.2 Å². The maximum atomic E-state index is 12.6. The molecule has 6 nitrogen and oxygen atoms in total. The number of nitrogens with zero attached hydrogens (tertiary/aromatic N) is 3. The first-order valence-corrected chi connectivity index (χ1v) is 9.21. The Balaban J connectivity index is 1.34. The molecule has 1 aliphatic carbocycles. The summed E-state index contributed by atoms with van der Waals surface area (Å²) in [5, 5.41) is 0. The topological polar surface area (TPSA) is 64.6 Å². The first kappa shape index (κ1) is 16.5. The van der Waals surface area contributed by atoms with Gasteiger partial charge in [0.2, 0.25) is 11.8 Å². The lowest BCUT2D eigenvalue weighted by atomic mass is 9.83. The minimum absolute atomic E-state index is 0.0657. The average molecular weight is 343 g/mol. The molecule has 1 atom stereocenters. The fourth-order valence-corrected chi connectivity index (χ4v) is 4.00. The minimum Gasteiger partial charge on any atom is -0.473 e. The third kappa shape index (κ3) is 3.54. The van der Waals surface area contributed by atoms with Gasteiger partial charge in [0.1, 0.15) is 11.7 Å². The lowest BCUT2D eigenvalue weighted by Gasteiger charge is -2.53. The molecule has 2 fully saturated rings. The lowest BCUT2D eigenvalue weighted by molar-refractivity contribution is -0.191. The normalized spacial score (nSPS) is 25.2. The Bertz CT molecular complexity index is 682. The summed E-state index contributed by atoms with van der Waals surface area (Å²) in [6.45, 7) is 3.90. The number of amides is 1. The second kappa shape index (κ2) is 6.75. The SMILES string of the molecule is Cc1cncc(OC2CCOC3(C2)CN(C(=O)C2=CCCCC2)C3)n1. The van der Waals surface area contributed by atoms with Crippen molar-refractivity contribution in [1.82, 2.24) is 14.9 Å². The molecule has 0 N–H and O–H groups in total. The number of hydrogen-bond donors (Lipinski definition) is 0. The van der Waals surface area contributed by atoms with E-state index < -0.39 is 0 Å². The number of aryl methyl sites for hydroxylation is 1. The minimum atomic E-state index is -0.245. The molecule has 0 aromatic carbocycles. The maximum Gasteiger partial charge on any atom is 0.249 e. The molecular formula is C19H25N3O3. The van der Waals surface area contributed by atoms with Gasteiger partial charge in [-0.2, -0.15) is 0 Å². The average Bonchev–Trinajstić information content (AvgIpc) is 2.60. The van der Waals surface area contributed by atoms with Crippen LogP contribution in [0.15, 0.2) is 24.0 Å². The highest BCUT2D eigenvalue weighted by Gasteiger charge is 2.50. The third-order valence-electron chi connectivity index (χ3n) is 5.28. The number of aromatic nitrogens is 2. The van der Waals surface area contributed by atoms with Crippen LogP contribution >= 0.6 is 0 Å². The molecule has 1 unspecified atom stereocenters. The van der Waals surface area contributed by atoms with Crippen molar-refractivity contribution >= 4 is 5.91 Å². The van der Waals surface area contributed by atoms with Crippen LogP contribution in [0.4, 0.5) is 0 Å². The summed E-state index contributed by atoms with van der Waals surface area (Å²) in [6, 6.07) is 0. The molecular weight excluding hydrogens is 318 g/mol. The number of hydrogen-bond acceptors (Lipinski definition) is 5. The molecule has 0 radical (unpaired) electrons. The van der Waals surface area contributed by atoms with Crippen molar-refractivity contribution in [3.63, 3.8) is 0 Å². The van der Waals surface area contributed by atoms with Gasteiger partial charge < -0.3 is 14.4 Å². The molecule has 2 saturated heterocycles. The highest BCUT2D eigenvalue weighted by molar-refractivity contribution is 5.94. The lowest BCUT2D eigenvalue weighted by Crippen LogP contribution is -2.67. The van der Waals surface area contributed by atoms with Crippen molar-refractivity contribution in [3.8, 4) is 5.88 Å². The molecule has 0 bridgehead atoms. The predicted molar refractivity (Wildman–Crippen MR) is 92.2 cm³/mol. The Morgan fingerprint density at radius 1 is 1.36 bits per heavy atom. The van der Waals surface area contributed by atoms with Crippen molar-refractivity contribution in [2.75, 3.05) is 19.7 Å². The Morgan fingerprint density at radius 3 is 3.00 bits per heavy atom. The monoisotopic (exact) mass is 343 g/mol. The van der Waals surface area contributed by atoms with Crippen molar-refractivity contribution in [1.29, 1.82) is 0 Å². The van der Waals surface area contributed by atoms with E-state index in [2.05, 4.69) is 16.0 Å². The Morgan fingerprint density at radius 2 is 2.24 bits per heavy atom. The van der Waals surface area contributed by atoms with E-state index >= 15 is 0 Å². The first-order chi connectivity index (χ1) is 12.1. The van der Waals surface area contributed by atoms with Crippen LogP contribution in [0.3, 0.4) is 0 Å². The number of allylic oxidation sites excluding steroid dienone is 1. The van der Waals surface area contributed by atoms with Gasteiger partial charge in [0.05, 0.1) is 31.6 Å². The van der Waals surface area contributed by atoms with Gasteiger partial charge in [0.25, 0.3) is 0 Å². The number of rotatable bonds is 3. The number of carbonyl (C=O) groups is 1. The van der Waals surface area contributed by atoms with E-state index in [0.29, 0.717) is 25.6 Å². The van der Waals surface area contributed by atoms with Crippen molar-refractivity contribution < 1.29 is 14.3 Å². The van der Waals surface area contributed by atoms with Gasteiger partial charge in [-0.1, -0.05) is 6.08 Å². The number of carbonyl (C=O) groups excluding carboxylic acids is 1. The molecule has 0 saturated carbocycles. The van der Waals surface area contributed by atoms with E-state index in [-0.39, 0.29) is 17.6 Å². The van der Waals surface area contributed by atoms with Crippen LogP contribution in [-0.4, -0.2) is 52.2 Å². The molecule has 134 valence electrons. The number of ether oxygens (including phenoxy) is 2. The second-order valence-electron chi connectivity index (χ2n) is 7.40. The van der Waals surface area contributed by atoms with E-state index in [0.717, 1.165) is 43.4 Å². The van der Waals surface area contributed by atoms with Crippen molar-refractivity contribution in [3.05, 3.63) is 29.7 Å². The largest absolute Gasteiger partial charge is 0.473 e. The quantitative estimate of drug-likeness (QED) is 0.843. The van der Waals surface area contributed by atoms with Gasteiger partial charge in [0, 0.05) is 24.6 Å². The number of likely N-dealkylation sites (tertiary alicyclic amines) is 1. The molecule has 4 rings (SSSR count). The zero-order valence-electron chi connectivity index (χ0n) is 14.7. The third-order valence-corrected chi connectivity index (χ3v) is 5.28. The van der Waals surface area contributed by atoms with Crippen LogP contribution in [0.5, 0.6) is 5.88 Å². The fourth-order valence-electron chi connectivity index (χ4n) is 4.00. The molecule has 1 aromatic rings. The Labute approximate surface area is 148 Å². The highest BCUT2D eigenvalue weighted by Crippen LogP contribution is 2.36. The zero-order valence-corrected chi connectivity index (χ0v) is 14.7. The van der Waals surface area contributed by atoms with E-state index in [1.807, 2.05) is 11.8 Å². The zero-order chi connectivity index (χ0) is 17.3. The van der Waals surface area contributed by atoms with Crippen molar-refractivity contribution in [2.24, 2.45) is 0 Å². The van der Waals surface area contributed by atoms with Gasteiger partial charge in [-0.25, -0.2) is 4.98 Å². The van der Waals surface area contributed by atoms with Crippen LogP contribution < -0.4 is 4.74 Å². The van der Waals surface area contributed by atoms with Crippen molar-refractivity contribution in [2.45, 2.75) is 57.2 Å². The summed E-state index contributed by atoms with van der Waals surface area (Å²) in [5.41, 5.74) is 1.59. The molecule has 1 amide bonds. The maximum absolute atomic E-state index is 12.6. The summed E-state index contributed by atoms with van der Waals surface area (Å²) in [6.07, 6.45) is 11.5. The molecule has 1 aromatic heterocycles. The van der Waals surface area contributed by atoms with E-state index in [1.54, 1.807) is 12.4 Å². The summed E-state index contributed by atoms with van der Waals surface area (Å²) >= 11 is 0. The van der Waals surface area contributed by atoms with Gasteiger partial charge in [-0.15, -0.1) is 0 Å². The molecule has 6 heteroatoms. The van der Waals surface area contributed by atoms with E-state index in [1.165, 1.54) is 6.42 Å². The van der Waals surface area contributed by atoms with Crippen LogP contribution in [-0.2, 0) is 9.53 Å². The van der Waals surface area contributed by atoms with Gasteiger partial charge in [-0.05, 0) is 32.6 Å². The van der Waals surface area contributed by atoms with Gasteiger partial charge in [0.15, 0.2) is 0 Å². The molecule has 3 aliphatic rings. The van der Waals surface area contributed by atoms with Gasteiger partial charge in [-0.3, -0.25) is 9.78 Å². The summed E-state index contributed by atoms with van der Waals surface area (Å²) in [7, 11) is 0. The van der Waals surface area contributed by atoms with E-state index in [4.69, 9.17) is 9.47 Å². The fraction of sp³-hybridized carbons (Fsp3) is 0.632. The second-order valence-corrected chi connectivity index (χ2v) is 7.40. The summed E-state index contributed by atoms with van der Waals surface area (Å²) in [4.78, 5) is 23.0. The molecule has 2 aliphatic heterocycles. The smallest absolute Gasteiger partial charge is 0.249 e. The summed E-state index contributed by atoms with van der Waals surface area (Å²) in [5.74, 6) is 0.767. The van der Waals surface area contributed by atoms with E-state index in [9.17, 15) is 4.79 Å². The Hall–Kier alpha value is -1.95. The standard InChI is InChI=1S/C19H25N3O3/c1-14-10-20-11-17(21-14)25-16-7-8-24-19(9-16)12-22(13-19)18(23)15-5-3-2-4-6-15/h5,10-11,16H,2-4,6-9,12-13H2,1H3. The molecule has 3 heterocycles. The highest BCUT2D eigenvalue weighted by atomic mass is 16.5. The van der Waals surface area contributed by atoms with Crippen LogP contribution in [0.2, 0.25) is 0 Å². The van der Waals surface area contributed by atoms with Crippen LogP contribution in [0.25, 0.3) is 0 Å². The summed E-state index contributed by atoms with van der Waals surface area (Å²) < 4.78 is 12.0. The molecule has 1 spiro atoms. The van der Waals surface area contributed by atoms with Crippen LogP contribution in [0, 0.1) is 6.92 Å². The molecule has 25 heavy (non-hydrogen) atoms. The van der Waals surface area contributed by atoms with Gasteiger partial charge >= 0.3 is 0 Å². The predicted octanol–water partition coefficient (Wildman–Crippen LogP) is 2.42.